The number of amides is 1. The highest BCUT2D eigenvalue weighted by Crippen LogP contribution is 2.44. The number of carbonyl (C=O) groups is 2. The van der Waals surface area contributed by atoms with Crippen LogP contribution in [0.2, 0.25) is 0 Å². The smallest absolute Gasteiger partial charge is 0.414 e. The highest BCUT2D eigenvalue weighted by atomic mass is 16.6. The number of anilines is 1. The number of non-ortho nitro benzene ring substituents is 1. The molecule has 0 fully saturated rings. The largest absolute Gasteiger partial charge is 0.481 e. The van der Waals surface area contributed by atoms with Crippen molar-refractivity contribution in [1.29, 1.82) is 0 Å². The summed E-state index contributed by atoms with van der Waals surface area (Å²) in [6.45, 7) is 0.232. The molecule has 0 spiro atoms. The Morgan fingerprint density at radius 3 is 2.06 bits per heavy atom. The molecule has 0 heterocycles. The molecule has 3 aromatic carbocycles. The molecule has 0 saturated heterocycles. The first-order valence-corrected chi connectivity index (χ1v) is 10.5. The van der Waals surface area contributed by atoms with E-state index in [4.69, 9.17) is 9.84 Å². The van der Waals surface area contributed by atoms with Crippen LogP contribution in [0.15, 0.2) is 72.8 Å². The van der Waals surface area contributed by atoms with Gasteiger partial charge in [0, 0.05) is 36.7 Å². The summed E-state index contributed by atoms with van der Waals surface area (Å²) in [7, 11) is 0. The van der Waals surface area contributed by atoms with Gasteiger partial charge in [0.25, 0.3) is 5.69 Å². The van der Waals surface area contributed by atoms with E-state index in [1.165, 1.54) is 29.2 Å². The van der Waals surface area contributed by atoms with E-state index in [0.29, 0.717) is 5.69 Å². The van der Waals surface area contributed by atoms with Gasteiger partial charge >= 0.3 is 12.1 Å². The van der Waals surface area contributed by atoms with Gasteiger partial charge in [-0.1, -0.05) is 48.5 Å². The van der Waals surface area contributed by atoms with Crippen molar-refractivity contribution in [2.75, 3.05) is 18.1 Å². The molecule has 0 bridgehead atoms. The standard InChI is InChI=1S/C25H22N2O6/c28-24(29)10-5-15-26(17-11-13-18(14-12-17)27(31)32)25(30)33-16-23-21-8-3-1-6-19(21)20-7-2-4-9-22(20)23/h1-4,6-9,11-14,23H,5,10,15-16H2,(H,28,29). The Hall–Kier alpha value is -4.20. The maximum Gasteiger partial charge on any atom is 0.414 e. The van der Waals surface area contributed by atoms with Crippen LogP contribution in [0.25, 0.3) is 11.1 Å². The van der Waals surface area contributed by atoms with Crippen LogP contribution in [-0.4, -0.2) is 35.2 Å². The van der Waals surface area contributed by atoms with Crippen molar-refractivity contribution in [3.05, 3.63) is 94.0 Å². The van der Waals surface area contributed by atoms with Gasteiger partial charge in [-0.2, -0.15) is 0 Å². The number of hydrogen-bond acceptors (Lipinski definition) is 5. The quantitative estimate of drug-likeness (QED) is 0.375. The lowest BCUT2D eigenvalue weighted by atomic mass is 9.98. The molecule has 0 saturated carbocycles. The van der Waals surface area contributed by atoms with Gasteiger partial charge in [0.15, 0.2) is 0 Å². The fourth-order valence-corrected chi connectivity index (χ4v) is 4.14. The van der Waals surface area contributed by atoms with E-state index in [-0.39, 0.29) is 37.6 Å². The number of nitrogens with zero attached hydrogens (tertiary/aromatic N) is 2. The van der Waals surface area contributed by atoms with Crippen LogP contribution in [0.4, 0.5) is 16.2 Å². The lowest BCUT2D eigenvalue weighted by molar-refractivity contribution is -0.384. The van der Waals surface area contributed by atoms with E-state index >= 15 is 0 Å². The lowest BCUT2D eigenvalue weighted by Crippen LogP contribution is -2.33. The molecule has 8 nitrogen and oxygen atoms in total. The summed E-state index contributed by atoms with van der Waals surface area (Å²) in [5.74, 6) is -1.08. The third kappa shape index (κ3) is 4.69. The van der Waals surface area contributed by atoms with Crippen LogP contribution in [-0.2, 0) is 9.53 Å². The Labute approximate surface area is 190 Å². The molecule has 0 aliphatic heterocycles. The maximum atomic E-state index is 13.0. The van der Waals surface area contributed by atoms with Gasteiger partial charge in [-0.15, -0.1) is 0 Å². The van der Waals surface area contributed by atoms with Gasteiger partial charge in [0.05, 0.1) is 4.92 Å². The van der Waals surface area contributed by atoms with E-state index in [2.05, 4.69) is 0 Å². The molecule has 0 unspecified atom stereocenters. The third-order valence-electron chi connectivity index (χ3n) is 5.70. The molecule has 168 valence electrons. The van der Waals surface area contributed by atoms with Crippen LogP contribution in [0.3, 0.4) is 0 Å². The molecule has 1 aliphatic carbocycles. The number of nitro groups is 1. The zero-order valence-corrected chi connectivity index (χ0v) is 17.7. The number of benzene rings is 3. The number of carboxylic acids is 1. The fourth-order valence-electron chi connectivity index (χ4n) is 4.14. The van der Waals surface area contributed by atoms with Gasteiger partial charge in [0.1, 0.15) is 6.61 Å². The Bertz CT molecular complexity index is 1150. The minimum absolute atomic E-state index is 0.100. The zero-order chi connectivity index (χ0) is 23.4. The monoisotopic (exact) mass is 446 g/mol. The average molecular weight is 446 g/mol. The summed E-state index contributed by atoms with van der Waals surface area (Å²) in [5.41, 5.74) is 4.70. The molecule has 1 N–H and O–H groups in total. The van der Waals surface area contributed by atoms with E-state index < -0.39 is 17.0 Å². The Morgan fingerprint density at radius 2 is 1.52 bits per heavy atom. The van der Waals surface area contributed by atoms with Crippen LogP contribution in [0.5, 0.6) is 0 Å². The minimum atomic E-state index is -0.966. The van der Waals surface area contributed by atoms with E-state index in [1.807, 2.05) is 48.5 Å². The predicted octanol–water partition coefficient (Wildman–Crippen LogP) is 5.22. The second kappa shape index (κ2) is 9.52. The second-order valence-electron chi connectivity index (χ2n) is 7.73. The van der Waals surface area contributed by atoms with Gasteiger partial charge < -0.3 is 9.84 Å². The van der Waals surface area contributed by atoms with Crippen molar-refractivity contribution >= 4 is 23.4 Å². The van der Waals surface area contributed by atoms with Crippen LogP contribution >= 0.6 is 0 Å². The topological polar surface area (TPSA) is 110 Å². The summed E-state index contributed by atoms with van der Waals surface area (Å²) in [5, 5.41) is 19.9. The van der Waals surface area contributed by atoms with Crippen molar-refractivity contribution in [3.8, 4) is 11.1 Å². The molecule has 0 radical (unpaired) electrons. The number of rotatable bonds is 8. The number of ether oxygens (including phenoxy) is 1. The summed E-state index contributed by atoms with van der Waals surface area (Å²) in [4.78, 5) is 35.7. The SMILES string of the molecule is O=C(O)CCCN(C(=O)OCC1c2ccccc2-c2ccccc21)c1ccc([N+](=O)[O-])cc1. The molecule has 1 amide bonds. The minimum Gasteiger partial charge on any atom is -0.481 e. The molecule has 4 rings (SSSR count). The van der Waals surface area contributed by atoms with E-state index in [1.54, 1.807) is 0 Å². The predicted molar refractivity (Wildman–Crippen MR) is 122 cm³/mol. The number of hydrogen-bond donors (Lipinski definition) is 1. The Balaban J connectivity index is 1.53. The van der Waals surface area contributed by atoms with Crippen molar-refractivity contribution in [1.82, 2.24) is 0 Å². The lowest BCUT2D eigenvalue weighted by Gasteiger charge is -2.23. The average Bonchev–Trinajstić information content (AvgIpc) is 3.14. The third-order valence-corrected chi connectivity index (χ3v) is 5.70. The Kier molecular flexibility index (Phi) is 6.35. The number of carbonyl (C=O) groups excluding carboxylic acids is 1. The summed E-state index contributed by atoms with van der Waals surface area (Å²) < 4.78 is 5.70. The van der Waals surface area contributed by atoms with Gasteiger partial charge in [0.2, 0.25) is 0 Å². The van der Waals surface area contributed by atoms with Crippen molar-refractivity contribution in [3.63, 3.8) is 0 Å². The highest BCUT2D eigenvalue weighted by Gasteiger charge is 2.30. The molecule has 1 aliphatic rings. The molecule has 8 heteroatoms. The second-order valence-corrected chi connectivity index (χ2v) is 7.73. The van der Waals surface area contributed by atoms with Gasteiger partial charge in [-0.05, 0) is 40.8 Å². The van der Waals surface area contributed by atoms with Crippen LogP contribution < -0.4 is 4.90 Å². The zero-order valence-electron chi connectivity index (χ0n) is 17.7. The normalized spacial score (nSPS) is 12.0. The first kappa shape index (κ1) is 22.0. The number of nitro benzene ring substituents is 1. The first-order chi connectivity index (χ1) is 16.0. The molecule has 0 aromatic heterocycles. The molecule has 0 atom stereocenters. The van der Waals surface area contributed by atoms with Crippen LogP contribution in [0, 0.1) is 10.1 Å². The maximum absolute atomic E-state index is 13.0. The number of carboxylic acid groups (broad SMARTS) is 1. The van der Waals surface area contributed by atoms with Gasteiger partial charge in [-0.25, -0.2) is 4.79 Å². The number of fused-ring (bicyclic) bond motifs is 3. The molecular weight excluding hydrogens is 424 g/mol. The van der Waals surface area contributed by atoms with Gasteiger partial charge in [-0.3, -0.25) is 19.8 Å². The van der Waals surface area contributed by atoms with Crippen LogP contribution in [0.1, 0.15) is 29.9 Å². The number of aliphatic carboxylic acids is 1. The fraction of sp³-hybridized carbons (Fsp3) is 0.200. The van der Waals surface area contributed by atoms with E-state index in [0.717, 1.165) is 22.3 Å². The Morgan fingerprint density at radius 1 is 0.939 bits per heavy atom. The molecule has 3 aromatic rings. The van der Waals surface area contributed by atoms with E-state index in [9.17, 15) is 19.7 Å². The highest BCUT2D eigenvalue weighted by molar-refractivity contribution is 5.88. The summed E-state index contributed by atoms with van der Waals surface area (Å²) >= 11 is 0. The van der Waals surface area contributed by atoms with Crippen molar-refractivity contribution in [2.24, 2.45) is 0 Å². The first-order valence-electron chi connectivity index (χ1n) is 10.5. The molecule has 33 heavy (non-hydrogen) atoms. The van der Waals surface area contributed by atoms with Crippen molar-refractivity contribution < 1.29 is 24.4 Å². The molecular formula is C25H22N2O6. The summed E-state index contributed by atoms with van der Waals surface area (Å²) in [6, 6.07) is 21.5. The summed E-state index contributed by atoms with van der Waals surface area (Å²) in [6.07, 6.45) is -0.521. The van der Waals surface area contributed by atoms with Crippen molar-refractivity contribution in [2.45, 2.75) is 18.8 Å².